The predicted octanol–water partition coefficient (Wildman–Crippen LogP) is 1.94. The van der Waals surface area contributed by atoms with E-state index >= 15 is 0 Å². The van der Waals surface area contributed by atoms with Gasteiger partial charge in [0.25, 0.3) is 0 Å². The lowest BCUT2D eigenvalue weighted by Gasteiger charge is -2.34. The van der Waals surface area contributed by atoms with Crippen molar-refractivity contribution < 1.29 is 9.59 Å². The Bertz CT molecular complexity index is 367. The summed E-state index contributed by atoms with van der Waals surface area (Å²) in [6.45, 7) is 8.32. The molecule has 4 heteroatoms. The zero-order valence-corrected chi connectivity index (χ0v) is 12.5. The fourth-order valence-corrected chi connectivity index (χ4v) is 3.50. The van der Waals surface area contributed by atoms with Gasteiger partial charge >= 0.3 is 0 Å². The molecule has 1 aliphatic carbocycles. The van der Waals surface area contributed by atoms with Crippen LogP contribution in [0.5, 0.6) is 0 Å². The standard InChI is InChI=1S/C15H26N2O2/c1-9(2)17-14(18)8-13(15(17)19)16-12-6-5-10(3)7-11(12)4/h9-13,16H,5-8H2,1-4H3. The highest BCUT2D eigenvalue weighted by atomic mass is 16.2. The fourth-order valence-electron chi connectivity index (χ4n) is 3.50. The molecule has 1 saturated heterocycles. The number of rotatable bonds is 3. The first-order chi connectivity index (χ1) is 8.90. The van der Waals surface area contributed by atoms with E-state index in [4.69, 9.17) is 0 Å². The van der Waals surface area contributed by atoms with E-state index in [1.165, 1.54) is 17.7 Å². The van der Waals surface area contributed by atoms with E-state index in [9.17, 15) is 9.59 Å². The van der Waals surface area contributed by atoms with Crippen molar-refractivity contribution in [3.8, 4) is 0 Å². The molecular formula is C15H26N2O2. The Hall–Kier alpha value is -0.900. The summed E-state index contributed by atoms with van der Waals surface area (Å²) in [7, 11) is 0. The normalized spacial score (nSPS) is 36.4. The minimum absolute atomic E-state index is 0.0319. The van der Waals surface area contributed by atoms with E-state index in [2.05, 4.69) is 19.2 Å². The summed E-state index contributed by atoms with van der Waals surface area (Å²) in [5, 5.41) is 3.44. The Morgan fingerprint density at radius 2 is 1.89 bits per heavy atom. The van der Waals surface area contributed by atoms with Crippen LogP contribution in [0.3, 0.4) is 0 Å². The van der Waals surface area contributed by atoms with Gasteiger partial charge in [0.15, 0.2) is 0 Å². The van der Waals surface area contributed by atoms with Crippen molar-refractivity contribution in [1.29, 1.82) is 0 Å². The Labute approximate surface area is 115 Å². The summed E-state index contributed by atoms with van der Waals surface area (Å²) in [4.78, 5) is 25.5. The second-order valence-corrected chi connectivity index (χ2v) is 6.62. The Kier molecular flexibility index (Phi) is 4.29. The molecular weight excluding hydrogens is 240 g/mol. The Morgan fingerprint density at radius 3 is 2.42 bits per heavy atom. The molecule has 4 atom stereocenters. The average Bonchev–Trinajstić information content (AvgIpc) is 2.58. The third kappa shape index (κ3) is 2.99. The summed E-state index contributed by atoms with van der Waals surface area (Å²) < 4.78 is 0. The van der Waals surface area contributed by atoms with Gasteiger partial charge in [0, 0.05) is 12.1 Å². The van der Waals surface area contributed by atoms with Crippen LogP contribution in [-0.4, -0.2) is 34.8 Å². The zero-order chi connectivity index (χ0) is 14.2. The summed E-state index contributed by atoms with van der Waals surface area (Å²) in [5.41, 5.74) is 0. The van der Waals surface area contributed by atoms with E-state index in [0.717, 1.165) is 12.3 Å². The van der Waals surface area contributed by atoms with Gasteiger partial charge in [0.05, 0.1) is 12.5 Å². The molecule has 0 bridgehead atoms. The van der Waals surface area contributed by atoms with Gasteiger partial charge in [-0.05, 0) is 44.9 Å². The molecule has 108 valence electrons. The summed E-state index contributed by atoms with van der Waals surface area (Å²) >= 11 is 0. The van der Waals surface area contributed by atoms with Crippen LogP contribution in [0.2, 0.25) is 0 Å². The maximum absolute atomic E-state index is 12.2. The second-order valence-electron chi connectivity index (χ2n) is 6.62. The van der Waals surface area contributed by atoms with Gasteiger partial charge in [-0.2, -0.15) is 0 Å². The van der Waals surface area contributed by atoms with Crippen LogP contribution < -0.4 is 5.32 Å². The van der Waals surface area contributed by atoms with Gasteiger partial charge in [-0.25, -0.2) is 0 Å². The number of hydrogen-bond donors (Lipinski definition) is 1. The SMILES string of the molecule is CC1CCC(NC2CC(=O)N(C(C)C)C2=O)C(C)C1. The van der Waals surface area contributed by atoms with Crippen molar-refractivity contribution >= 4 is 11.8 Å². The van der Waals surface area contributed by atoms with Crippen molar-refractivity contribution in [2.45, 2.75) is 71.5 Å². The fraction of sp³-hybridized carbons (Fsp3) is 0.867. The number of nitrogens with one attached hydrogen (secondary N) is 1. The van der Waals surface area contributed by atoms with Crippen molar-refractivity contribution in [2.75, 3.05) is 0 Å². The van der Waals surface area contributed by atoms with Gasteiger partial charge in [-0.3, -0.25) is 14.5 Å². The van der Waals surface area contributed by atoms with Crippen molar-refractivity contribution in [3.63, 3.8) is 0 Å². The number of imide groups is 1. The zero-order valence-electron chi connectivity index (χ0n) is 12.5. The number of hydrogen-bond acceptors (Lipinski definition) is 3. The minimum Gasteiger partial charge on any atom is -0.302 e. The lowest BCUT2D eigenvalue weighted by atomic mass is 9.79. The number of carbonyl (C=O) groups is 2. The molecule has 1 saturated carbocycles. The van der Waals surface area contributed by atoms with E-state index in [1.807, 2.05) is 13.8 Å². The van der Waals surface area contributed by atoms with E-state index < -0.39 is 0 Å². The van der Waals surface area contributed by atoms with E-state index in [0.29, 0.717) is 18.4 Å². The third-order valence-electron chi connectivity index (χ3n) is 4.55. The van der Waals surface area contributed by atoms with Crippen molar-refractivity contribution in [1.82, 2.24) is 10.2 Å². The number of nitrogens with zero attached hydrogens (tertiary/aromatic N) is 1. The second kappa shape index (κ2) is 5.61. The van der Waals surface area contributed by atoms with Crippen LogP contribution in [0.1, 0.15) is 53.4 Å². The lowest BCUT2D eigenvalue weighted by Crippen LogP contribution is -2.48. The molecule has 2 rings (SSSR count). The van der Waals surface area contributed by atoms with Gasteiger partial charge in [-0.15, -0.1) is 0 Å². The molecule has 0 radical (unpaired) electrons. The molecule has 1 N–H and O–H groups in total. The van der Waals surface area contributed by atoms with E-state index in [1.54, 1.807) is 0 Å². The first-order valence-electron chi connectivity index (χ1n) is 7.52. The quantitative estimate of drug-likeness (QED) is 0.794. The molecule has 0 spiro atoms. The smallest absolute Gasteiger partial charge is 0.247 e. The van der Waals surface area contributed by atoms with Crippen LogP contribution in [0.25, 0.3) is 0 Å². The molecule has 19 heavy (non-hydrogen) atoms. The molecule has 0 aromatic heterocycles. The highest BCUT2D eigenvalue weighted by Gasteiger charge is 2.41. The first-order valence-corrected chi connectivity index (χ1v) is 7.52. The largest absolute Gasteiger partial charge is 0.302 e. The van der Waals surface area contributed by atoms with Crippen LogP contribution >= 0.6 is 0 Å². The topological polar surface area (TPSA) is 49.4 Å². The first kappa shape index (κ1) is 14.5. The molecule has 4 unspecified atom stereocenters. The highest BCUT2D eigenvalue weighted by Crippen LogP contribution is 2.29. The van der Waals surface area contributed by atoms with Gasteiger partial charge < -0.3 is 5.32 Å². The van der Waals surface area contributed by atoms with Crippen molar-refractivity contribution in [2.24, 2.45) is 11.8 Å². The monoisotopic (exact) mass is 266 g/mol. The van der Waals surface area contributed by atoms with Crippen molar-refractivity contribution in [3.05, 3.63) is 0 Å². The van der Waals surface area contributed by atoms with Gasteiger partial charge in [-0.1, -0.05) is 13.8 Å². The number of carbonyl (C=O) groups excluding carboxylic acids is 2. The summed E-state index contributed by atoms with van der Waals surface area (Å²) in [5.74, 6) is 1.29. The van der Waals surface area contributed by atoms with Crippen LogP contribution in [0, 0.1) is 11.8 Å². The van der Waals surface area contributed by atoms with Gasteiger partial charge in [0.1, 0.15) is 0 Å². The maximum Gasteiger partial charge on any atom is 0.247 e. The highest BCUT2D eigenvalue weighted by molar-refractivity contribution is 6.05. The lowest BCUT2D eigenvalue weighted by molar-refractivity contribution is -0.140. The van der Waals surface area contributed by atoms with E-state index in [-0.39, 0.29) is 23.9 Å². The molecule has 1 heterocycles. The van der Waals surface area contributed by atoms with Crippen LogP contribution in [0.4, 0.5) is 0 Å². The number of likely N-dealkylation sites (tertiary alicyclic amines) is 1. The van der Waals surface area contributed by atoms with Gasteiger partial charge in [0.2, 0.25) is 11.8 Å². The number of amides is 2. The molecule has 2 aliphatic rings. The average molecular weight is 266 g/mol. The molecule has 4 nitrogen and oxygen atoms in total. The Balaban J connectivity index is 1.97. The molecule has 0 aromatic rings. The molecule has 2 fully saturated rings. The Morgan fingerprint density at radius 1 is 1.21 bits per heavy atom. The molecule has 2 amide bonds. The van der Waals surface area contributed by atoms with Crippen LogP contribution in [0.15, 0.2) is 0 Å². The van der Waals surface area contributed by atoms with Crippen LogP contribution in [-0.2, 0) is 9.59 Å². The maximum atomic E-state index is 12.2. The molecule has 0 aromatic carbocycles. The third-order valence-corrected chi connectivity index (χ3v) is 4.55. The summed E-state index contributed by atoms with van der Waals surface area (Å²) in [6, 6.07) is 0.0522. The predicted molar refractivity (Wildman–Crippen MR) is 74.5 cm³/mol. The summed E-state index contributed by atoms with van der Waals surface area (Å²) in [6.07, 6.45) is 3.86. The molecule has 1 aliphatic heterocycles. The minimum atomic E-state index is -0.296.